The second kappa shape index (κ2) is 5.12. The van der Waals surface area contributed by atoms with Crippen molar-refractivity contribution in [1.29, 1.82) is 0 Å². The van der Waals surface area contributed by atoms with Gasteiger partial charge < -0.3 is 9.84 Å². The molecular weight excluding hydrogens is 260 g/mol. The predicted octanol–water partition coefficient (Wildman–Crippen LogP) is -0.207. The van der Waals surface area contributed by atoms with Crippen LogP contribution in [-0.4, -0.2) is 54.6 Å². The molecule has 0 spiro atoms. The summed E-state index contributed by atoms with van der Waals surface area (Å²) in [5, 5.41) is 8.94. The van der Waals surface area contributed by atoms with E-state index in [9.17, 15) is 13.2 Å². The molecule has 0 aromatic heterocycles. The van der Waals surface area contributed by atoms with E-state index in [0.29, 0.717) is 0 Å². The molecule has 0 amide bonds. The van der Waals surface area contributed by atoms with Crippen LogP contribution >= 0.6 is 0 Å². The van der Waals surface area contributed by atoms with Gasteiger partial charge >= 0.3 is 5.97 Å². The van der Waals surface area contributed by atoms with Gasteiger partial charge in [0.1, 0.15) is 5.54 Å². The summed E-state index contributed by atoms with van der Waals surface area (Å²) in [5.74, 6) is -1.22. The fourth-order valence-electron chi connectivity index (χ4n) is 1.76. The van der Waals surface area contributed by atoms with Crippen molar-refractivity contribution in [3.05, 3.63) is 0 Å². The lowest BCUT2D eigenvalue weighted by Gasteiger charge is -2.35. The summed E-state index contributed by atoms with van der Waals surface area (Å²) in [5.41, 5.74) is -1.54. The molecule has 1 aliphatic rings. The third-order valence-electron chi connectivity index (χ3n) is 2.64. The number of carboxylic acids is 1. The number of carbonyl (C=O) groups is 1. The van der Waals surface area contributed by atoms with Crippen LogP contribution in [0.1, 0.15) is 27.7 Å². The Labute approximate surface area is 107 Å². The molecule has 1 heterocycles. The van der Waals surface area contributed by atoms with E-state index in [2.05, 4.69) is 4.72 Å². The molecule has 2 N–H and O–H groups in total. The first-order valence-corrected chi connectivity index (χ1v) is 7.16. The summed E-state index contributed by atoms with van der Waals surface area (Å²) in [6.07, 6.45) is -0.420. The Morgan fingerprint density at radius 3 is 2.17 bits per heavy atom. The van der Waals surface area contributed by atoms with E-state index in [1.807, 2.05) is 0 Å². The number of ether oxygens (including phenoxy) is 1. The number of hydrogen-bond acceptors (Lipinski definition) is 4. The molecule has 1 saturated heterocycles. The molecule has 8 heteroatoms. The highest BCUT2D eigenvalue weighted by Crippen LogP contribution is 2.15. The third kappa shape index (κ3) is 3.64. The van der Waals surface area contributed by atoms with Crippen molar-refractivity contribution in [3.8, 4) is 0 Å². The minimum atomic E-state index is -3.83. The number of aliphatic carboxylic acids is 1. The topological polar surface area (TPSA) is 95.9 Å². The number of morpholine rings is 1. The lowest BCUT2D eigenvalue weighted by molar-refractivity contribution is -0.142. The molecule has 1 rings (SSSR count). The summed E-state index contributed by atoms with van der Waals surface area (Å²) in [7, 11) is -3.83. The first-order valence-electron chi connectivity index (χ1n) is 5.72. The van der Waals surface area contributed by atoms with E-state index in [0.717, 1.165) is 0 Å². The SMILES string of the molecule is CC1CN(S(=O)(=O)NC(C)(C)C(=O)O)CC(C)O1. The van der Waals surface area contributed by atoms with Crippen LogP contribution < -0.4 is 4.72 Å². The Bertz CT molecular complexity index is 410. The van der Waals surface area contributed by atoms with Crippen molar-refractivity contribution >= 4 is 16.2 Å². The number of nitrogens with one attached hydrogen (secondary N) is 1. The molecule has 2 unspecified atom stereocenters. The summed E-state index contributed by atoms with van der Waals surface area (Å²) in [4.78, 5) is 10.9. The van der Waals surface area contributed by atoms with Gasteiger partial charge in [-0.2, -0.15) is 17.4 Å². The van der Waals surface area contributed by atoms with E-state index in [-0.39, 0.29) is 25.3 Å². The maximum Gasteiger partial charge on any atom is 0.324 e. The molecular formula is C10H20N2O5S. The molecule has 106 valence electrons. The molecule has 0 aromatic carbocycles. The highest BCUT2D eigenvalue weighted by Gasteiger charge is 2.37. The monoisotopic (exact) mass is 280 g/mol. The van der Waals surface area contributed by atoms with Gasteiger partial charge in [-0.3, -0.25) is 4.79 Å². The van der Waals surface area contributed by atoms with Crippen LogP contribution in [0.15, 0.2) is 0 Å². The van der Waals surface area contributed by atoms with E-state index >= 15 is 0 Å². The first kappa shape index (κ1) is 15.4. The Morgan fingerprint density at radius 2 is 1.78 bits per heavy atom. The average Bonchev–Trinajstić information content (AvgIpc) is 2.13. The molecule has 18 heavy (non-hydrogen) atoms. The van der Waals surface area contributed by atoms with Gasteiger partial charge in [-0.15, -0.1) is 0 Å². The van der Waals surface area contributed by atoms with Crippen LogP contribution in [0.4, 0.5) is 0 Å². The summed E-state index contributed by atoms with van der Waals surface area (Å²) >= 11 is 0. The Balaban J connectivity index is 2.84. The molecule has 0 radical (unpaired) electrons. The minimum Gasteiger partial charge on any atom is -0.480 e. The zero-order valence-corrected chi connectivity index (χ0v) is 11.8. The minimum absolute atomic E-state index is 0.210. The van der Waals surface area contributed by atoms with Crippen LogP contribution in [0.3, 0.4) is 0 Å². The largest absolute Gasteiger partial charge is 0.480 e. The highest BCUT2D eigenvalue weighted by molar-refractivity contribution is 7.87. The van der Waals surface area contributed by atoms with Crippen LogP contribution in [0, 0.1) is 0 Å². The van der Waals surface area contributed by atoms with Crippen molar-refractivity contribution in [2.24, 2.45) is 0 Å². The molecule has 0 aliphatic carbocycles. The van der Waals surface area contributed by atoms with Gasteiger partial charge in [0, 0.05) is 13.1 Å². The van der Waals surface area contributed by atoms with Crippen LogP contribution in [0.25, 0.3) is 0 Å². The normalized spacial score (nSPS) is 27.1. The van der Waals surface area contributed by atoms with Crippen molar-refractivity contribution in [3.63, 3.8) is 0 Å². The lowest BCUT2D eigenvalue weighted by Crippen LogP contribution is -2.58. The van der Waals surface area contributed by atoms with Crippen molar-refractivity contribution in [1.82, 2.24) is 9.03 Å². The van der Waals surface area contributed by atoms with Crippen LogP contribution in [-0.2, 0) is 19.7 Å². The third-order valence-corrected chi connectivity index (χ3v) is 4.39. The number of nitrogens with zero attached hydrogens (tertiary/aromatic N) is 1. The van der Waals surface area contributed by atoms with Crippen molar-refractivity contribution < 1.29 is 23.1 Å². The smallest absolute Gasteiger partial charge is 0.324 e. The number of rotatable bonds is 4. The Kier molecular flexibility index (Phi) is 4.37. The van der Waals surface area contributed by atoms with E-state index in [4.69, 9.17) is 9.84 Å². The van der Waals surface area contributed by atoms with Gasteiger partial charge in [0.2, 0.25) is 0 Å². The first-order chi connectivity index (χ1) is 8.04. The maximum absolute atomic E-state index is 12.1. The zero-order valence-electron chi connectivity index (χ0n) is 11.0. The highest BCUT2D eigenvalue weighted by atomic mass is 32.2. The molecule has 1 fully saturated rings. The van der Waals surface area contributed by atoms with Crippen molar-refractivity contribution in [2.75, 3.05) is 13.1 Å². The van der Waals surface area contributed by atoms with Gasteiger partial charge in [-0.05, 0) is 27.7 Å². The summed E-state index contributed by atoms with van der Waals surface area (Å²) in [6, 6.07) is 0. The molecule has 0 bridgehead atoms. The maximum atomic E-state index is 12.1. The van der Waals surface area contributed by atoms with Gasteiger partial charge in [-0.1, -0.05) is 0 Å². The van der Waals surface area contributed by atoms with Crippen LogP contribution in [0.5, 0.6) is 0 Å². The van der Waals surface area contributed by atoms with Crippen LogP contribution in [0.2, 0.25) is 0 Å². The quantitative estimate of drug-likeness (QED) is 0.743. The van der Waals surface area contributed by atoms with E-state index < -0.39 is 21.7 Å². The number of hydrogen-bond donors (Lipinski definition) is 2. The van der Waals surface area contributed by atoms with Gasteiger partial charge in [-0.25, -0.2) is 0 Å². The summed E-state index contributed by atoms with van der Waals surface area (Å²) in [6.45, 7) is 6.60. The van der Waals surface area contributed by atoms with Crippen molar-refractivity contribution in [2.45, 2.75) is 45.4 Å². The fraction of sp³-hybridized carbons (Fsp3) is 0.900. The van der Waals surface area contributed by atoms with Gasteiger partial charge in [0.05, 0.1) is 12.2 Å². The molecule has 0 saturated carbocycles. The second-order valence-corrected chi connectivity index (χ2v) is 6.78. The van der Waals surface area contributed by atoms with Gasteiger partial charge in [0.15, 0.2) is 0 Å². The average molecular weight is 280 g/mol. The Hall–Kier alpha value is -0.700. The summed E-state index contributed by atoms with van der Waals surface area (Å²) < 4.78 is 33.0. The molecule has 0 aromatic rings. The molecule has 7 nitrogen and oxygen atoms in total. The van der Waals surface area contributed by atoms with E-state index in [1.165, 1.54) is 18.2 Å². The lowest BCUT2D eigenvalue weighted by atomic mass is 10.1. The molecule has 2 atom stereocenters. The van der Waals surface area contributed by atoms with E-state index in [1.54, 1.807) is 13.8 Å². The van der Waals surface area contributed by atoms with Gasteiger partial charge in [0.25, 0.3) is 10.2 Å². The number of carboxylic acid groups (broad SMARTS) is 1. The molecule has 1 aliphatic heterocycles. The Morgan fingerprint density at radius 1 is 1.33 bits per heavy atom. The predicted molar refractivity (Wildman–Crippen MR) is 65.4 cm³/mol. The standard InChI is InChI=1S/C10H20N2O5S/c1-7-5-12(6-8(2)17-7)18(15,16)11-10(3,4)9(13)14/h7-8,11H,5-6H2,1-4H3,(H,13,14). The second-order valence-electron chi connectivity index (χ2n) is 5.11. The zero-order chi connectivity index (χ0) is 14.1. The fourth-order valence-corrected chi connectivity index (χ4v) is 3.43.